The molecule has 3 N–H and O–H groups in total. The van der Waals surface area contributed by atoms with Crippen molar-refractivity contribution in [2.75, 3.05) is 11.1 Å². The summed E-state index contributed by atoms with van der Waals surface area (Å²) in [4.78, 5) is 14.9. The third kappa shape index (κ3) is 2.69. The van der Waals surface area contributed by atoms with Gasteiger partial charge in [-0.15, -0.1) is 0 Å². The molecule has 0 fully saturated rings. The minimum atomic E-state index is -0.403. The number of nitrogens with two attached hydrogens (primary N) is 1. The first-order valence-electron chi connectivity index (χ1n) is 6.09. The van der Waals surface area contributed by atoms with Crippen molar-refractivity contribution in [1.82, 2.24) is 4.98 Å². The fourth-order valence-corrected chi connectivity index (χ4v) is 1.81. The van der Waals surface area contributed by atoms with Gasteiger partial charge < -0.3 is 11.1 Å². The monoisotopic (exact) mass is 252 g/mol. The van der Waals surface area contributed by atoms with E-state index in [4.69, 9.17) is 5.73 Å². The minimum Gasteiger partial charge on any atom is -0.383 e. The van der Waals surface area contributed by atoms with Crippen molar-refractivity contribution < 1.29 is 4.92 Å². The Labute approximate surface area is 107 Å². The van der Waals surface area contributed by atoms with Crippen LogP contribution in [0.3, 0.4) is 0 Å². The van der Waals surface area contributed by atoms with Crippen LogP contribution in [-0.4, -0.2) is 15.9 Å². The maximum atomic E-state index is 11.1. The molecule has 0 amide bonds. The van der Waals surface area contributed by atoms with E-state index in [0.29, 0.717) is 16.9 Å². The van der Waals surface area contributed by atoms with Crippen LogP contribution in [0.4, 0.5) is 17.3 Å². The van der Waals surface area contributed by atoms with Crippen molar-refractivity contribution in [2.45, 2.75) is 46.6 Å². The molecule has 0 bridgehead atoms. The molecular weight excluding hydrogens is 232 g/mol. The van der Waals surface area contributed by atoms with Gasteiger partial charge in [-0.05, 0) is 26.7 Å². The smallest absolute Gasteiger partial charge is 0.314 e. The van der Waals surface area contributed by atoms with Crippen molar-refractivity contribution >= 4 is 17.3 Å². The van der Waals surface area contributed by atoms with Crippen LogP contribution in [-0.2, 0) is 0 Å². The lowest BCUT2D eigenvalue weighted by molar-refractivity contribution is -0.384. The normalized spacial score (nSPS) is 10.7. The molecule has 0 spiro atoms. The number of anilines is 2. The van der Waals surface area contributed by atoms with Gasteiger partial charge in [0.1, 0.15) is 5.82 Å². The number of hydrogen-bond acceptors (Lipinski definition) is 5. The van der Waals surface area contributed by atoms with Gasteiger partial charge in [0.2, 0.25) is 5.82 Å². The molecule has 100 valence electrons. The number of aromatic nitrogens is 1. The molecule has 0 aliphatic heterocycles. The average molecular weight is 252 g/mol. The van der Waals surface area contributed by atoms with Gasteiger partial charge in [-0.1, -0.05) is 13.8 Å². The van der Waals surface area contributed by atoms with E-state index < -0.39 is 4.92 Å². The summed E-state index contributed by atoms with van der Waals surface area (Å²) in [6.45, 7) is 7.49. The van der Waals surface area contributed by atoms with Gasteiger partial charge >= 0.3 is 5.69 Å². The van der Waals surface area contributed by atoms with E-state index in [1.165, 1.54) is 0 Å². The number of pyridine rings is 1. The third-order valence-electron chi connectivity index (χ3n) is 3.27. The largest absolute Gasteiger partial charge is 0.383 e. The molecule has 18 heavy (non-hydrogen) atoms. The van der Waals surface area contributed by atoms with Crippen molar-refractivity contribution in [3.8, 4) is 0 Å². The molecule has 1 rings (SSSR count). The van der Waals surface area contributed by atoms with Gasteiger partial charge in [0.25, 0.3) is 0 Å². The second kappa shape index (κ2) is 5.66. The molecule has 1 aromatic heterocycles. The number of nitrogens with zero attached hydrogens (tertiary/aromatic N) is 2. The zero-order chi connectivity index (χ0) is 13.9. The molecule has 6 heteroatoms. The van der Waals surface area contributed by atoms with Gasteiger partial charge in [-0.25, -0.2) is 4.98 Å². The second-order valence-electron chi connectivity index (χ2n) is 4.36. The van der Waals surface area contributed by atoms with E-state index in [9.17, 15) is 10.1 Å². The Balaban J connectivity index is 3.29. The quantitative estimate of drug-likeness (QED) is 0.620. The van der Waals surface area contributed by atoms with E-state index in [1.807, 2.05) is 13.8 Å². The predicted molar refractivity (Wildman–Crippen MR) is 72.8 cm³/mol. The zero-order valence-corrected chi connectivity index (χ0v) is 11.3. The van der Waals surface area contributed by atoms with Crippen molar-refractivity contribution in [1.29, 1.82) is 0 Å². The molecule has 0 aliphatic rings. The first kappa shape index (κ1) is 14.2. The number of nitrogens with one attached hydrogen (secondary N) is 1. The Hall–Kier alpha value is -1.85. The summed E-state index contributed by atoms with van der Waals surface area (Å²) in [6.07, 6.45) is 1.75. The maximum Gasteiger partial charge on any atom is 0.314 e. The molecule has 0 aliphatic carbocycles. The molecule has 6 nitrogen and oxygen atoms in total. The lowest BCUT2D eigenvalue weighted by Gasteiger charge is -2.17. The summed E-state index contributed by atoms with van der Waals surface area (Å²) >= 11 is 0. The van der Waals surface area contributed by atoms with E-state index in [-0.39, 0.29) is 17.5 Å². The number of rotatable bonds is 5. The van der Waals surface area contributed by atoms with Crippen LogP contribution in [0, 0.1) is 24.0 Å². The Morgan fingerprint density at radius 2 is 1.89 bits per heavy atom. The Bertz CT molecular complexity index is 456. The molecule has 1 aromatic rings. The predicted octanol–water partition coefficient (Wildman–Crippen LogP) is 2.79. The van der Waals surface area contributed by atoms with Crippen LogP contribution >= 0.6 is 0 Å². The molecular formula is C12H20N4O2. The summed E-state index contributed by atoms with van der Waals surface area (Å²) in [5, 5.41) is 14.3. The maximum absolute atomic E-state index is 11.1. The van der Waals surface area contributed by atoms with Gasteiger partial charge in [0, 0.05) is 17.2 Å². The Morgan fingerprint density at radius 1 is 1.33 bits per heavy atom. The second-order valence-corrected chi connectivity index (χ2v) is 4.36. The van der Waals surface area contributed by atoms with Crippen molar-refractivity contribution in [2.24, 2.45) is 0 Å². The highest BCUT2D eigenvalue weighted by molar-refractivity contribution is 5.67. The van der Waals surface area contributed by atoms with E-state index >= 15 is 0 Å². The van der Waals surface area contributed by atoms with Crippen molar-refractivity contribution in [3.63, 3.8) is 0 Å². The van der Waals surface area contributed by atoms with Gasteiger partial charge in [0.05, 0.1) is 4.92 Å². The summed E-state index contributed by atoms with van der Waals surface area (Å²) in [5.41, 5.74) is 7.03. The highest BCUT2D eigenvalue weighted by Crippen LogP contribution is 2.32. The summed E-state index contributed by atoms with van der Waals surface area (Å²) in [5.74, 6) is 0.612. The number of hydrogen-bond donors (Lipinski definition) is 2. The van der Waals surface area contributed by atoms with Gasteiger partial charge in [-0.3, -0.25) is 10.1 Å². The SMILES string of the molecule is CCC(CC)Nc1nc(N)c(C)c(C)c1[N+](=O)[O-]. The molecule has 0 radical (unpaired) electrons. The fourth-order valence-electron chi connectivity index (χ4n) is 1.81. The molecule has 0 unspecified atom stereocenters. The average Bonchev–Trinajstić information content (AvgIpc) is 2.32. The third-order valence-corrected chi connectivity index (χ3v) is 3.27. The molecule has 0 atom stereocenters. The highest BCUT2D eigenvalue weighted by atomic mass is 16.6. The molecule has 0 aromatic carbocycles. The number of nitro groups is 1. The molecule has 0 saturated heterocycles. The van der Waals surface area contributed by atoms with Crippen LogP contribution in [0.15, 0.2) is 0 Å². The summed E-state index contributed by atoms with van der Waals surface area (Å²) < 4.78 is 0. The topological polar surface area (TPSA) is 94.1 Å². The Morgan fingerprint density at radius 3 is 2.33 bits per heavy atom. The van der Waals surface area contributed by atoms with E-state index in [1.54, 1.807) is 13.8 Å². The summed E-state index contributed by atoms with van der Waals surface area (Å²) in [6, 6.07) is 0.165. The fraction of sp³-hybridized carbons (Fsp3) is 0.583. The van der Waals surface area contributed by atoms with E-state index in [0.717, 1.165) is 12.8 Å². The summed E-state index contributed by atoms with van der Waals surface area (Å²) in [7, 11) is 0. The van der Waals surface area contributed by atoms with Crippen LogP contribution in [0.2, 0.25) is 0 Å². The zero-order valence-electron chi connectivity index (χ0n) is 11.3. The van der Waals surface area contributed by atoms with Crippen LogP contribution in [0.5, 0.6) is 0 Å². The lowest BCUT2D eigenvalue weighted by Crippen LogP contribution is -2.20. The van der Waals surface area contributed by atoms with Gasteiger partial charge in [0.15, 0.2) is 0 Å². The first-order valence-corrected chi connectivity index (χ1v) is 6.09. The van der Waals surface area contributed by atoms with Crippen LogP contribution < -0.4 is 11.1 Å². The number of nitrogen functional groups attached to an aromatic ring is 1. The standard InChI is InChI=1S/C12H20N4O2/c1-5-9(6-2)14-12-10(16(17)18)7(3)8(4)11(13)15-12/h9H,5-6H2,1-4H3,(H3,13,14,15). The minimum absolute atomic E-state index is 0.0219. The van der Waals surface area contributed by atoms with Crippen LogP contribution in [0.1, 0.15) is 37.8 Å². The first-order chi connectivity index (χ1) is 8.42. The lowest BCUT2D eigenvalue weighted by atomic mass is 10.1. The molecule has 0 saturated carbocycles. The molecule has 1 heterocycles. The van der Waals surface area contributed by atoms with E-state index in [2.05, 4.69) is 10.3 Å². The van der Waals surface area contributed by atoms with Crippen molar-refractivity contribution in [3.05, 3.63) is 21.2 Å². The highest BCUT2D eigenvalue weighted by Gasteiger charge is 2.23. The Kier molecular flexibility index (Phi) is 4.47. The van der Waals surface area contributed by atoms with Gasteiger partial charge in [-0.2, -0.15) is 0 Å². The van der Waals surface area contributed by atoms with Crippen LogP contribution in [0.25, 0.3) is 0 Å².